The fourth-order valence-electron chi connectivity index (χ4n) is 2.97. The van der Waals surface area contributed by atoms with Crippen molar-refractivity contribution in [3.8, 4) is 11.5 Å². The van der Waals surface area contributed by atoms with Crippen LogP contribution in [0.1, 0.15) is 33.6 Å². The number of amides is 1. The number of carbonyl (C=O) groups excluding carboxylic acids is 1. The Kier molecular flexibility index (Phi) is 6.18. The van der Waals surface area contributed by atoms with Gasteiger partial charge in [-0.2, -0.15) is 4.31 Å². The lowest BCUT2D eigenvalue weighted by atomic mass is 9.97. The molecule has 1 aromatic rings. The molecule has 1 N–H and O–H groups in total. The molecule has 0 aliphatic carbocycles. The van der Waals surface area contributed by atoms with Gasteiger partial charge in [0.25, 0.3) is 0 Å². The molecule has 0 saturated carbocycles. The van der Waals surface area contributed by atoms with Gasteiger partial charge in [-0.15, -0.1) is 0 Å². The van der Waals surface area contributed by atoms with E-state index in [-0.39, 0.29) is 28.8 Å². The number of rotatable bonds is 5. The number of carbonyl (C=O) groups is 1. The lowest BCUT2D eigenvalue weighted by Crippen LogP contribution is -2.49. The molecule has 1 aliphatic heterocycles. The highest BCUT2D eigenvalue weighted by Gasteiger charge is 2.34. The Labute approximate surface area is 155 Å². The normalized spacial score (nSPS) is 19.0. The van der Waals surface area contributed by atoms with E-state index in [0.717, 1.165) is 0 Å². The molecule has 1 aliphatic rings. The van der Waals surface area contributed by atoms with Crippen molar-refractivity contribution < 1.29 is 22.7 Å². The van der Waals surface area contributed by atoms with E-state index in [9.17, 15) is 13.2 Å². The van der Waals surface area contributed by atoms with Gasteiger partial charge in [0.15, 0.2) is 11.5 Å². The average Bonchev–Trinajstić information content (AvgIpc) is 2.59. The molecule has 0 spiro atoms. The number of piperidine rings is 1. The van der Waals surface area contributed by atoms with Gasteiger partial charge in [-0.05, 0) is 45.7 Å². The zero-order chi connectivity index (χ0) is 19.5. The van der Waals surface area contributed by atoms with E-state index in [1.54, 1.807) is 6.07 Å². The van der Waals surface area contributed by atoms with Crippen molar-refractivity contribution in [1.29, 1.82) is 0 Å². The Hall–Kier alpha value is -1.80. The Morgan fingerprint density at radius 1 is 1.19 bits per heavy atom. The van der Waals surface area contributed by atoms with Crippen LogP contribution in [0.15, 0.2) is 23.1 Å². The molecule has 1 amide bonds. The lowest BCUT2D eigenvalue weighted by Gasteiger charge is -2.33. The van der Waals surface area contributed by atoms with Gasteiger partial charge in [-0.3, -0.25) is 4.79 Å². The second-order valence-electron chi connectivity index (χ2n) is 7.46. The minimum Gasteiger partial charge on any atom is -0.493 e. The third-order valence-electron chi connectivity index (χ3n) is 4.25. The van der Waals surface area contributed by atoms with Crippen molar-refractivity contribution in [2.75, 3.05) is 27.3 Å². The summed E-state index contributed by atoms with van der Waals surface area (Å²) in [6.45, 7) is 6.30. The van der Waals surface area contributed by atoms with Gasteiger partial charge in [0.05, 0.1) is 25.0 Å². The Morgan fingerprint density at radius 2 is 1.85 bits per heavy atom. The zero-order valence-corrected chi connectivity index (χ0v) is 16.9. The second kappa shape index (κ2) is 7.84. The number of nitrogens with zero attached hydrogens (tertiary/aromatic N) is 1. The van der Waals surface area contributed by atoms with Gasteiger partial charge in [-0.25, -0.2) is 8.42 Å². The summed E-state index contributed by atoms with van der Waals surface area (Å²) < 4.78 is 37.8. The molecule has 7 nitrogen and oxygen atoms in total. The highest BCUT2D eigenvalue weighted by atomic mass is 32.2. The molecule has 8 heteroatoms. The summed E-state index contributed by atoms with van der Waals surface area (Å²) in [5.74, 6) is 0.364. The number of benzene rings is 1. The summed E-state index contributed by atoms with van der Waals surface area (Å²) in [7, 11) is -0.756. The van der Waals surface area contributed by atoms with Crippen LogP contribution < -0.4 is 14.8 Å². The molecule has 1 aromatic carbocycles. The van der Waals surface area contributed by atoms with Gasteiger partial charge in [0.2, 0.25) is 15.9 Å². The van der Waals surface area contributed by atoms with Gasteiger partial charge in [0, 0.05) is 24.7 Å². The van der Waals surface area contributed by atoms with E-state index in [1.807, 2.05) is 20.8 Å². The van der Waals surface area contributed by atoms with Crippen molar-refractivity contribution in [3.05, 3.63) is 18.2 Å². The summed E-state index contributed by atoms with van der Waals surface area (Å²) >= 11 is 0. The predicted molar refractivity (Wildman–Crippen MR) is 98.9 cm³/mol. The van der Waals surface area contributed by atoms with Crippen LogP contribution in [0.2, 0.25) is 0 Å². The first kappa shape index (κ1) is 20.5. The van der Waals surface area contributed by atoms with Crippen LogP contribution in [0.3, 0.4) is 0 Å². The summed E-state index contributed by atoms with van der Waals surface area (Å²) in [6, 6.07) is 4.52. The van der Waals surface area contributed by atoms with E-state index in [0.29, 0.717) is 30.9 Å². The van der Waals surface area contributed by atoms with Crippen LogP contribution >= 0.6 is 0 Å². The molecular formula is C18H28N2O5S. The van der Waals surface area contributed by atoms with Crippen LogP contribution in [-0.2, 0) is 14.8 Å². The lowest BCUT2D eigenvalue weighted by molar-refractivity contribution is -0.127. The molecule has 0 bridgehead atoms. The molecule has 2 rings (SSSR count). The topological polar surface area (TPSA) is 84.9 Å². The minimum atomic E-state index is -3.71. The SMILES string of the molecule is COc1ccc(S(=O)(=O)N2CCCC(C(=O)NC(C)(C)C)C2)cc1OC. The quantitative estimate of drug-likeness (QED) is 0.839. The van der Waals surface area contributed by atoms with Crippen LogP contribution in [0.25, 0.3) is 0 Å². The Bertz CT molecular complexity index is 755. The molecule has 1 unspecified atom stereocenters. The van der Waals surface area contributed by atoms with Gasteiger partial charge in [-0.1, -0.05) is 0 Å². The van der Waals surface area contributed by atoms with Crippen molar-refractivity contribution in [2.45, 2.75) is 44.0 Å². The minimum absolute atomic E-state index is 0.107. The largest absolute Gasteiger partial charge is 0.493 e. The zero-order valence-electron chi connectivity index (χ0n) is 16.0. The maximum Gasteiger partial charge on any atom is 0.243 e. The molecule has 0 aromatic heterocycles. The first-order chi connectivity index (χ1) is 12.1. The number of hydrogen-bond donors (Lipinski definition) is 1. The molecule has 1 fully saturated rings. The van der Waals surface area contributed by atoms with E-state index >= 15 is 0 Å². The van der Waals surface area contributed by atoms with Crippen molar-refractivity contribution in [1.82, 2.24) is 9.62 Å². The maximum absolute atomic E-state index is 13.0. The number of hydrogen-bond acceptors (Lipinski definition) is 5. The Balaban J connectivity index is 2.22. The van der Waals surface area contributed by atoms with E-state index < -0.39 is 10.0 Å². The first-order valence-corrected chi connectivity index (χ1v) is 10.1. The van der Waals surface area contributed by atoms with E-state index in [1.165, 1.54) is 30.7 Å². The third-order valence-corrected chi connectivity index (χ3v) is 6.11. The molecule has 0 radical (unpaired) electrons. The highest BCUT2D eigenvalue weighted by Crippen LogP contribution is 2.32. The average molecular weight is 384 g/mol. The van der Waals surface area contributed by atoms with Crippen molar-refractivity contribution in [2.24, 2.45) is 5.92 Å². The molecule has 26 heavy (non-hydrogen) atoms. The van der Waals surface area contributed by atoms with Crippen LogP contribution in [0, 0.1) is 5.92 Å². The van der Waals surface area contributed by atoms with Gasteiger partial charge < -0.3 is 14.8 Å². The molecule has 1 heterocycles. The fraction of sp³-hybridized carbons (Fsp3) is 0.611. The highest BCUT2D eigenvalue weighted by molar-refractivity contribution is 7.89. The summed E-state index contributed by atoms with van der Waals surface area (Å²) in [5, 5.41) is 2.94. The van der Waals surface area contributed by atoms with Crippen molar-refractivity contribution in [3.63, 3.8) is 0 Å². The van der Waals surface area contributed by atoms with Crippen LogP contribution in [0.5, 0.6) is 11.5 Å². The smallest absolute Gasteiger partial charge is 0.243 e. The maximum atomic E-state index is 13.0. The van der Waals surface area contributed by atoms with Gasteiger partial charge in [0.1, 0.15) is 0 Å². The molecular weight excluding hydrogens is 356 g/mol. The number of sulfonamides is 1. The van der Waals surface area contributed by atoms with Crippen LogP contribution in [-0.4, -0.2) is 51.5 Å². The fourth-order valence-corrected chi connectivity index (χ4v) is 4.51. The molecule has 1 saturated heterocycles. The van der Waals surface area contributed by atoms with E-state index in [2.05, 4.69) is 5.32 Å². The summed E-state index contributed by atoms with van der Waals surface area (Å²) in [5.41, 5.74) is -0.346. The predicted octanol–water partition coefficient (Wildman–Crippen LogP) is 2.02. The molecule has 146 valence electrons. The number of methoxy groups -OCH3 is 2. The monoisotopic (exact) mass is 384 g/mol. The first-order valence-electron chi connectivity index (χ1n) is 8.62. The van der Waals surface area contributed by atoms with Gasteiger partial charge >= 0.3 is 0 Å². The van der Waals surface area contributed by atoms with E-state index in [4.69, 9.17) is 9.47 Å². The summed E-state index contributed by atoms with van der Waals surface area (Å²) in [6.07, 6.45) is 1.33. The standard InChI is InChI=1S/C18H28N2O5S/c1-18(2,3)19-17(21)13-7-6-10-20(12-13)26(22,23)14-8-9-15(24-4)16(11-14)25-5/h8-9,11,13H,6-7,10,12H2,1-5H3,(H,19,21). The second-order valence-corrected chi connectivity index (χ2v) is 9.40. The van der Waals surface area contributed by atoms with Crippen LogP contribution in [0.4, 0.5) is 0 Å². The number of ether oxygens (including phenoxy) is 2. The number of nitrogens with one attached hydrogen (secondary N) is 1. The van der Waals surface area contributed by atoms with Crippen molar-refractivity contribution >= 4 is 15.9 Å². The molecule has 1 atom stereocenters. The summed E-state index contributed by atoms with van der Waals surface area (Å²) in [4.78, 5) is 12.6. The third kappa shape index (κ3) is 4.67. The Morgan fingerprint density at radius 3 is 2.42 bits per heavy atom.